The Kier molecular flexibility index (Phi) is 7.53. The minimum atomic E-state index is -0.610. The molecular formula is C23H27ClN2O3. The lowest BCUT2D eigenvalue weighted by molar-refractivity contribution is -0.142. The Balaban J connectivity index is 1.70. The molecule has 1 fully saturated rings. The molecule has 0 radical (unpaired) electrons. The summed E-state index contributed by atoms with van der Waals surface area (Å²) < 4.78 is 5.62. The standard InChI is InChI=1S/C23H27ClN2O3/c1-17(23(28)25-20-10-5-6-11-20)26(15-18-8-7-9-19(24)14-18)22(27)16-29-21-12-3-2-4-13-21/h2-4,7-9,12-14,17,20H,5-6,10-11,15-16H2,1H3,(H,25,28)/t17-/m0/s1. The molecule has 1 N–H and O–H groups in total. The van der Waals surface area contributed by atoms with E-state index in [0.29, 0.717) is 10.8 Å². The van der Waals surface area contributed by atoms with Crippen molar-refractivity contribution in [3.63, 3.8) is 0 Å². The van der Waals surface area contributed by atoms with Crippen molar-refractivity contribution in [1.82, 2.24) is 10.2 Å². The third-order valence-electron chi connectivity index (χ3n) is 5.22. The van der Waals surface area contributed by atoms with Crippen LogP contribution in [0, 0.1) is 0 Å². The van der Waals surface area contributed by atoms with E-state index in [1.807, 2.05) is 36.4 Å². The summed E-state index contributed by atoms with van der Waals surface area (Å²) >= 11 is 6.10. The van der Waals surface area contributed by atoms with E-state index in [0.717, 1.165) is 31.2 Å². The molecule has 1 atom stereocenters. The smallest absolute Gasteiger partial charge is 0.261 e. The molecule has 0 aliphatic heterocycles. The predicted molar refractivity (Wildman–Crippen MR) is 114 cm³/mol. The zero-order chi connectivity index (χ0) is 20.6. The summed E-state index contributed by atoms with van der Waals surface area (Å²) in [5.41, 5.74) is 0.867. The van der Waals surface area contributed by atoms with Gasteiger partial charge in [0.25, 0.3) is 5.91 Å². The van der Waals surface area contributed by atoms with E-state index < -0.39 is 6.04 Å². The Hall–Kier alpha value is -2.53. The van der Waals surface area contributed by atoms with Gasteiger partial charge in [0.15, 0.2) is 6.61 Å². The molecule has 0 aromatic heterocycles. The fourth-order valence-electron chi connectivity index (χ4n) is 3.55. The lowest BCUT2D eigenvalue weighted by atomic mass is 10.1. The van der Waals surface area contributed by atoms with E-state index in [1.165, 1.54) is 0 Å². The molecule has 1 saturated carbocycles. The number of hydrogen-bond donors (Lipinski definition) is 1. The molecule has 29 heavy (non-hydrogen) atoms. The minimum Gasteiger partial charge on any atom is -0.484 e. The minimum absolute atomic E-state index is 0.132. The van der Waals surface area contributed by atoms with Crippen LogP contribution < -0.4 is 10.1 Å². The van der Waals surface area contributed by atoms with Gasteiger partial charge in [-0.3, -0.25) is 9.59 Å². The fourth-order valence-corrected chi connectivity index (χ4v) is 3.76. The van der Waals surface area contributed by atoms with E-state index in [1.54, 1.807) is 30.0 Å². The van der Waals surface area contributed by atoms with E-state index in [2.05, 4.69) is 5.32 Å². The highest BCUT2D eigenvalue weighted by Crippen LogP contribution is 2.19. The van der Waals surface area contributed by atoms with Crippen LogP contribution in [0.1, 0.15) is 38.2 Å². The van der Waals surface area contributed by atoms with Crippen LogP contribution in [-0.4, -0.2) is 35.4 Å². The summed E-state index contributed by atoms with van der Waals surface area (Å²) in [6.07, 6.45) is 4.26. The second-order valence-corrected chi connectivity index (χ2v) is 7.86. The number of amides is 2. The number of hydrogen-bond acceptors (Lipinski definition) is 3. The van der Waals surface area contributed by atoms with Gasteiger partial charge in [-0.15, -0.1) is 0 Å². The van der Waals surface area contributed by atoms with E-state index in [9.17, 15) is 9.59 Å². The first-order valence-corrected chi connectivity index (χ1v) is 10.4. The number of nitrogens with zero attached hydrogens (tertiary/aromatic N) is 1. The highest BCUT2D eigenvalue weighted by atomic mass is 35.5. The number of halogens is 1. The highest BCUT2D eigenvalue weighted by Gasteiger charge is 2.28. The molecule has 1 aliphatic rings. The molecule has 2 aromatic carbocycles. The Bertz CT molecular complexity index is 822. The van der Waals surface area contributed by atoms with Crippen molar-refractivity contribution < 1.29 is 14.3 Å². The van der Waals surface area contributed by atoms with Gasteiger partial charge in [-0.25, -0.2) is 0 Å². The van der Waals surface area contributed by atoms with Crippen molar-refractivity contribution in [3.8, 4) is 5.75 Å². The molecule has 5 nitrogen and oxygen atoms in total. The molecule has 3 rings (SSSR count). The summed E-state index contributed by atoms with van der Waals surface area (Å²) in [6.45, 7) is 1.91. The van der Waals surface area contributed by atoms with Gasteiger partial charge in [-0.2, -0.15) is 0 Å². The number of nitrogens with one attached hydrogen (secondary N) is 1. The zero-order valence-corrected chi connectivity index (χ0v) is 17.4. The molecule has 0 spiro atoms. The number of para-hydroxylation sites is 1. The average Bonchev–Trinajstić information content (AvgIpc) is 3.23. The van der Waals surface area contributed by atoms with Gasteiger partial charge in [-0.05, 0) is 49.6 Å². The van der Waals surface area contributed by atoms with Gasteiger partial charge in [-0.1, -0.05) is 54.8 Å². The maximum Gasteiger partial charge on any atom is 0.261 e. The first-order valence-electron chi connectivity index (χ1n) is 10.0. The zero-order valence-electron chi connectivity index (χ0n) is 16.6. The van der Waals surface area contributed by atoms with Crippen LogP contribution in [0.3, 0.4) is 0 Å². The van der Waals surface area contributed by atoms with Crippen LogP contribution >= 0.6 is 11.6 Å². The first kappa shape index (κ1) is 21.2. The molecule has 154 valence electrons. The van der Waals surface area contributed by atoms with Gasteiger partial charge < -0.3 is 15.0 Å². The lowest BCUT2D eigenvalue weighted by Gasteiger charge is -2.29. The van der Waals surface area contributed by atoms with Gasteiger partial charge in [0.2, 0.25) is 5.91 Å². The first-order chi connectivity index (χ1) is 14.0. The third-order valence-corrected chi connectivity index (χ3v) is 5.45. The molecule has 0 saturated heterocycles. The van der Waals surface area contributed by atoms with Crippen LogP contribution in [0.2, 0.25) is 5.02 Å². The van der Waals surface area contributed by atoms with Crippen LogP contribution in [0.4, 0.5) is 0 Å². The Morgan fingerprint density at radius 3 is 2.55 bits per heavy atom. The molecular weight excluding hydrogens is 388 g/mol. The molecule has 0 heterocycles. The molecule has 2 aromatic rings. The molecule has 0 unspecified atom stereocenters. The monoisotopic (exact) mass is 414 g/mol. The van der Waals surface area contributed by atoms with Crippen molar-refractivity contribution in [2.45, 2.75) is 51.2 Å². The highest BCUT2D eigenvalue weighted by molar-refractivity contribution is 6.30. The van der Waals surface area contributed by atoms with Crippen LogP contribution in [0.15, 0.2) is 54.6 Å². The SMILES string of the molecule is C[C@@H](C(=O)NC1CCCC1)N(Cc1cccc(Cl)c1)C(=O)COc1ccccc1. The van der Waals surface area contributed by atoms with Crippen LogP contribution in [0.25, 0.3) is 0 Å². The summed E-state index contributed by atoms with van der Waals surface area (Å²) in [5.74, 6) is 0.238. The summed E-state index contributed by atoms with van der Waals surface area (Å²) in [6, 6.07) is 16.1. The van der Waals surface area contributed by atoms with Crippen molar-refractivity contribution in [3.05, 3.63) is 65.2 Å². The maximum atomic E-state index is 13.0. The van der Waals surface area contributed by atoms with Gasteiger partial charge >= 0.3 is 0 Å². The Labute approximate surface area is 177 Å². The van der Waals surface area contributed by atoms with Crippen LogP contribution in [-0.2, 0) is 16.1 Å². The summed E-state index contributed by atoms with van der Waals surface area (Å²) in [7, 11) is 0. The van der Waals surface area contributed by atoms with Crippen molar-refractivity contribution in [2.75, 3.05) is 6.61 Å². The number of carbonyl (C=O) groups excluding carboxylic acids is 2. The number of rotatable bonds is 8. The lowest BCUT2D eigenvalue weighted by Crippen LogP contribution is -2.50. The fraction of sp³-hybridized carbons (Fsp3) is 0.391. The number of carbonyl (C=O) groups is 2. The molecule has 0 bridgehead atoms. The predicted octanol–water partition coefficient (Wildman–Crippen LogP) is 4.19. The van der Waals surface area contributed by atoms with Crippen molar-refractivity contribution >= 4 is 23.4 Å². The third kappa shape index (κ3) is 6.23. The maximum absolute atomic E-state index is 13.0. The number of ether oxygens (including phenoxy) is 1. The second kappa shape index (κ2) is 10.3. The average molecular weight is 415 g/mol. The van der Waals surface area contributed by atoms with Crippen molar-refractivity contribution in [2.24, 2.45) is 0 Å². The Morgan fingerprint density at radius 2 is 1.86 bits per heavy atom. The van der Waals surface area contributed by atoms with Crippen molar-refractivity contribution in [1.29, 1.82) is 0 Å². The van der Waals surface area contributed by atoms with E-state index in [-0.39, 0.29) is 31.0 Å². The largest absolute Gasteiger partial charge is 0.484 e. The van der Waals surface area contributed by atoms with Gasteiger partial charge in [0.1, 0.15) is 11.8 Å². The van der Waals surface area contributed by atoms with E-state index >= 15 is 0 Å². The normalized spacial score (nSPS) is 15.0. The number of benzene rings is 2. The summed E-state index contributed by atoms with van der Waals surface area (Å²) in [4.78, 5) is 27.3. The molecule has 6 heteroatoms. The molecule has 1 aliphatic carbocycles. The van der Waals surface area contributed by atoms with Gasteiger partial charge in [0.05, 0.1) is 0 Å². The Morgan fingerprint density at radius 1 is 1.14 bits per heavy atom. The van der Waals surface area contributed by atoms with E-state index in [4.69, 9.17) is 16.3 Å². The van der Waals surface area contributed by atoms with Gasteiger partial charge in [0, 0.05) is 17.6 Å². The topological polar surface area (TPSA) is 58.6 Å². The summed E-state index contributed by atoms with van der Waals surface area (Å²) in [5, 5.41) is 3.68. The second-order valence-electron chi connectivity index (χ2n) is 7.42. The van der Waals surface area contributed by atoms with Crippen LogP contribution in [0.5, 0.6) is 5.75 Å². The quantitative estimate of drug-likeness (QED) is 0.704. The molecule has 2 amide bonds.